The largest absolute Gasteiger partial charge is 0.455 e. The summed E-state index contributed by atoms with van der Waals surface area (Å²) in [5.41, 5.74) is 2.15. The topological polar surface area (TPSA) is 70.4 Å². The van der Waals surface area contributed by atoms with Gasteiger partial charge in [0.15, 0.2) is 5.76 Å². The summed E-state index contributed by atoms with van der Waals surface area (Å²) in [6, 6.07) is 13.8. The van der Waals surface area contributed by atoms with Crippen molar-refractivity contribution in [1.29, 1.82) is 0 Å². The Hall–Kier alpha value is -2.86. The molecule has 0 bridgehead atoms. The number of aromatic nitrogens is 1. The molecule has 0 spiro atoms. The molecule has 3 heterocycles. The maximum Gasteiger partial charge on any atom is 0.287 e. The zero-order valence-corrected chi connectivity index (χ0v) is 16.2. The van der Waals surface area contributed by atoms with Gasteiger partial charge in [0, 0.05) is 18.5 Å². The zero-order chi connectivity index (χ0) is 19.3. The number of pyridine rings is 1. The first-order chi connectivity index (χ1) is 13.7. The molecule has 1 aromatic carbocycles. The van der Waals surface area contributed by atoms with E-state index in [1.54, 1.807) is 6.07 Å². The van der Waals surface area contributed by atoms with Gasteiger partial charge < -0.3 is 15.1 Å². The number of carbonyl (C=O) groups excluding carboxylic acids is 1. The normalized spacial score (nSPS) is 14.5. The number of para-hydroxylation sites is 1. The van der Waals surface area contributed by atoms with Crippen LogP contribution in [0, 0.1) is 6.92 Å². The first-order valence-corrected chi connectivity index (χ1v) is 9.88. The van der Waals surface area contributed by atoms with Gasteiger partial charge in [0.05, 0.1) is 12.1 Å². The van der Waals surface area contributed by atoms with Gasteiger partial charge >= 0.3 is 0 Å². The molecule has 1 aliphatic heterocycles. The van der Waals surface area contributed by atoms with Gasteiger partial charge in [-0.15, -0.1) is 0 Å². The lowest BCUT2D eigenvalue weighted by atomic mass is 10.1. The van der Waals surface area contributed by atoms with E-state index in [9.17, 15) is 4.79 Å². The second-order valence-electron chi connectivity index (χ2n) is 7.27. The number of benzene rings is 1. The molecule has 3 aromatic rings. The van der Waals surface area contributed by atoms with E-state index in [1.165, 1.54) is 18.4 Å². The van der Waals surface area contributed by atoms with Crippen LogP contribution in [0.5, 0.6) is 0 Å². The number of fused-ring (bicyclic) bond motifs is 1. The van der Waals surface area contributed by atoms with Crippen LogP contribution in [0.3, 0.4) is 0 Å². The van der Waals surface area contributed by atoms with Gasteiger partial charge in [0.2, 0.25) is 0 Å². The molecule has 1 saturated heterocycles. The van der Waals surface area contributed by atoms with Crippen LogP contribution in [0.2, 0.25) is 0 Å². The Labute approximate surface area is 164 Å². The fraction of sp³-hybridized carbons (Fsp3) is 0.364. The third-order valence-corrected chi connectivity index (χ3v) is 5.10. The van der Waals surface area contributed by atoms with Gasteiger partial charge in [-0.05, 0) is 62.7 Å². The van der Waals surface area contributed by atoms with Crippen molar-refractivity contribution in [2.45, 2.75) is 26.3 Å². The van der Waals surface area contributed by atoms with Crippen LogP contribution in [0.1, 0.15) is 34.7 Å². The van der Waals surface area contributed by atoms with E-state index in [4.69, 9.17) is 4.42 Å². The van der Waals surface area contributed by atoms with Crippen LogP contribution in [0.15, 0.2) is 46.9 Å². The Morgan fingerprint density at radius 3 is 2.82 bits per heavy atom. The second-order valence-corrected chi connectivity index (χ2v) is 7.27. The maximum absolute atomic E-state index is 12.3. The smallest absolute Gasteiger partial charge is 0.287 e. The number of likely N-dealkylation sites (tertiary alicyclic amines) is 1. The van der Waals surface area contributed by atoms with E-state index >= 15 is 0 Å². The van der Waals surface area contributed by atoms with E-state index in [2.05, 4.69) is 33.5 Å². The lowest BCUT2D eigenvalue weighted by Gasteiger charge is -2.11. The van der Waals surface area contributed by atoms with E-state index in [1.807, 2.05) is 30.3 Å². The van der Waals surface area contributed by atoms with Crippen LogP contribution in [0.25, 0.3) is 10.9 Å². The van der Waals surface area contributed by atoms with E-state index in [0.29, 0.717) is 18.8 Å². The predicted octanol–water partition coefficient (Wildman–Crippen LogP) is 3.57. The highest BCUT2D eigenvalue weighted by Crippen LogP contribution is 2.19. The number of aryl methyl sites for hydroxylation is 1. The number of rotatable bonds is 7. The average Bonchev–Trinajstić information content (AvgIpc) is 3.38. The standard InChI is InChI=1S/C22H26N4O2/c1-16-14-21(25-19-7-3-2-6-18(16)19)23-10-11-24-22(27)20-9-8-17(28-20)15-26-12-4-5-13-26/h2-3,6-9,14H,4-5,10-13,15H2,1H3,(H,23,25)(H,24,27). The molecule has 0 unspecified atom stereocenters. The van der Waals surface area contributed by atoms with E-state index in [-0.39, 0.29) is 5.91 Å². The summed E-state index contributed by atoms with van der Waals surface area (Å²) in [4.78, 5) is 19.2. The van der Waals surface area contributed by atoms with Crippen molar-refractivity contribution in [2.75, 3.05) is 31.5 Å². The van der Waals surface area contributed by atoms with E-state index < -0.39 is 0 Å². The van der Waals surface area contributed by atoms with Gasteiger partial charge in [-0.1, -0.05) is 18.2 Å². The number of furan rings is 1. The van der Waals surface area contributed by atoms with Crippen molar-refractivity contribution in [2.24, 2.45) is 0 Å². The lowest BCUT2D eigenvalue weighted by Crippen LogP contribution is -2.28. The van der Waals surface area contributed by atoms with Crippen LogP contribution in [-0.2, 0) is 6.54 Å². The number of anilines is 1. The number of hydrogen-bond acceptors (Lipinski definition) is 5. The number of hydrogen-bond donors (Lipinski definition) is 2. The molecular formula is C22H26N4O2. The third kappa shape index (κ3) is 4.34. The zero-order valence-electron chi connectivity index (χ0n) is 16.2. The highest BCUT2D eigenvalue weighted by Gasteiger charge is 2.16. The van der Waals surface area contributed by atoms with Crippen LogP contribution < -0.4 is 10.6 Å². The summed E-state index contributed by atoms with van der Waals surface area (Å²) in [7, 11) is 0. The molecule has 2 aromatic heterocycles. The molecule has 146 valence electrons. The Morgan fingerprint density at radius 1 is 1.14 bits per heavy atom. The quantitative estimate of drug-likeness (QED) is 0.615. The summed E-state index contributed by atoms with van der Waals surface area (Å²) in [5, 5.41) is 7.32. The Kier molecular flexibility index (Phi) is 5.58. The van der Waals surface area contributed by atoms with Crippen molar-refractivity contribution in [3.05, 3.63) is 59.5 Å². The van der Waals surface area contributed by atoms with Crippen molar-refractivity contribution in [3.8, 4) is 0 Å². The van der Waals surface area contributed by atoms with Crippen LogP contribution in [-0.4, -0.2) is 42.0 Å². The van der Waals surface area contributed by atoms with Crippen molar-refractivity contribution >= 4 is 22.6 Å². The Morgan fingerprint density at radius 2 is 1.96 bits per heavy atom. The molecule has 0 saturated carbocycles. The van der Waals surface area contributed by atoms with Gasteiger partial charge in [-0.3, -0.25) is 9.69 Å². The van der Waals surface area contributed by atoms with Crippen molar-refractivity contribution in [1.82, 2.24) is 15.2 Å². The summed E-state index contributed by atoms with van der Waals surface area (Å²) in [6.07, 6.45) is 2.49. The molecular weight excluding hydrogens is 352 g/mol. The molecule has 6 heteroatoms. The molecule has 1 fully saturated rings. The molecule has 2 N–H and O–H groups in total. The van der Waals surface area contributed by atoms with Crippen LogP contribution >= 0.6 is 0 Å². The van der Waals surface area contributed by atoms with E-state index in [0.717, 1.165) is 42.1 Å². The van der Waals surface area contributed by atoms with Crippen molar-refractivity contribution < 1.29 is 9.21 Å². The fourth-order valence-electron chi connectivity index (χ4n) is 3.64. The molecule has 1 amide bonds. The Balaban J connectivity index is 1.26. The monoisotopic (exact) mass is 378 g/mol. The summed E-state index contributed by atoms with van der Waals surface area (Å²) < 4.78 is 5.70. The molecule has 0 atom stereocenters. The highest BCUT2D eigenvalue weighted by molar-refractivity contribution is 5.91. The lowest BCUT2D eigenvalue weighted by molar-refractivity contribution is 0.0924. The second kappa shape index (κ2) is 8.44. The Bertz CT molecular complexity index is 960. The fourth-order valence-corrected chi connectivity index (χ4v) is 3.64. The number of nitrogens with one attached hydrogen (secondary N) is 2. The highest BCUT2D eigenvalue weighted by atomic mass is 16.4. The first kappa shape index (κ1) is 18.5. The average molecular weight is 378 g/mol. The van der Waals surface area contributed by atoms with Crippen molar-refractivity contribution in [3.63, 3.8) is 0 Å². The molecule has 1 aliphatic rings. The maximum atomic E-state index is 12.3. The van der Waals surface area contributed by atoms with Gasteiger partial charge in [0.1, 0.15) is 11.6 Å². The minimum Gasteiger partial charge on any atom is -0.455 e. The molecule has 6 nitrogen and oxygen atoms in total. The molecule has 4 rings (SSSR count). The molecule has 0 aliphatic carbocycles. The number of amides is 1. The minimum absolute atomic E-state index is 0.183. The SMILES string of the molecule is Cc1cc(NCCNC(=O)c2ccc(CN3CCCC3)o2)nc2ccccc12. The predicted molar refractivity (Wildman–Crippen MR) is 111 cm³/mol. The number of carbonyl (C=O) groups is 1. The first-order valence-electron chi connectivity index (χ1n) is 9.88. The summed E-state index contributed by atoms with van der Waals surface area (Å²) >= 11 is 0. The van der Waals surface area contributed by atoms with Crippen LogP contribution in [0.4, 0.5) is 5.82 Å². The molecule has 0 radical (unpaired) electrons. The van der Waals surface area contributed by atoms with Gasteiger partial charge in [0.25, 0.3) is 5.91 Å². The number of nitrogens with zero attached hydrogens (tertiary/aromatic N) is 2. The summed E-state index contributed by atoms with van der Waals surface area (Å²) in [5.74, 6) is 1.85. The third-order valence-electron chi connectivity index (χ3n) is 5.10. The van der Waals surface area contributed by atoms with Gasteiger partial charge in [-0.25, -0.2) is 4.98 Å². The summed E-state index contributed by atoms with van der Waals surface area (Å²) in [6.45, 7) is 6.16. The minimum atomic E-state index is -0.183. The van der Waals surface area contributed by atoms with Gasteiger partial charge in [-0.2, -0.15) is 0 Å². The molecule has 28 heavy (non-hydrogen) atoms.